The van der Waals surface area contributed by atoms with Crippen LogP contribution in [0.15, 0.2) is 24.3 Å². The van der Waals surface area contributed by atoms with Crippen LogP contribution in [0.1, 0.15) is 6.42 Å². The number of hydrogen-bond acceptors (Lipinski definition) is 2. The zero-order valence-corrected chi connectivity index (χ0v) is 13.0. The average Bonchev–Trinajstić information content (AvgIpc) is 3.10. The molecule has 6 heteroatoms. The van der Waals surface area contributed by atoms with E-state index in [-0.39, 0.29) is 50.6 Å². The summed E-state index contributed by atoms with van der Waals surface area (Å²) in [6.07, 6.45) is 5.02. The van der Waals surface area contributed by atoms with E-state index in [1.54, 1.807) is 0 Å². The lowest BCUT2D eigenvalue weighted by Gasteiger charge is -2.18. The molecule has 4 unspecified atom stereocenters. The van der Waals surface area contributed by atoms with Gasteiger partial charge in [-0.3, -0.25) is 9.59 Å². The molecule has 4 rings (SSSR count). The van der Waals surface area contributed by atoms with Gasteiger partial charge in [-0.15, -0.1) is 0 Å². The van der Waals surface area contributed by atoms with Crippen LogP contribution < -0.4 is 4.90 Å². The van der Waals surface area contributed by atoms with Crippen LogP contribution >= 0.6 is 34.8 Å². The monoisotopic (exact) mass is 341 g/mol. The van der Waals surface area contributed by atoms with E-state index in [0.29, 0.717) is 5.69 Å². The molecule has 0 radical (unpaired) electrons. The third-order valence-electron chi connectivity index (χ3n) is 4.70. The second-order valence-corrected chi connectivity index (χ2v) is 6.93. The van der Waals surface area contributed by atoms with Gasteiger partial charge in [0.05, 0.1) is 32.6 Å². The number of allylic oxidation sites excluding steroid dienone is 2. The van der Waals surface area contributed by atoms with Gasteiger partial charge in [-0.25, -0.2) is 4.90 Å². The molecule has 21 heavy (non-hydrogen) atoms. The zero-order valence-electron chi connectivity index (χ0n) is 10.7. The number of fused-ring (bicyclic) bond motifs is 5. The van der Waals surface area contributed by atoms with Crippen molar-refractivity contribution in [2.45, 2.75) is 6.42 Å². The van der Waals surface area contributed by atoms with Crippen LogP contribution in [-0.2, 0) is 9.59 Å². The molecule has 1 aromatic rings. The molecule has 108 valence electrons. The summed E-state index contributed by atoms with van der Waals surface area (Å²) in [5.74, 6) is -0.423. The minimum absolute atomic E-state index is 0.156. The molecule has 1 saturated heterocycles. The van der Waals surface area contributed by atoms with Gasteiger partial charge in [0.2, 0.25) is 11.8 Å². The van der Waals surface area contributed by atoms with Crippen molar-refractivity contribution in [3.8, 4) is 0 Å². The number of carbonyl (C=O) groups excluding carboxylic acids is 2. The predicted octanol–water partition coefficient (Wildman–Crippen LogP) is 3.96. The van der Waals surface area contributed by atoms with E-state index >= 15 is 0 Å². The van der Waals surface area contributed by atoms with Crippen molar-refractivity contribution in [3.63, 3.8) is 0 Å². The van der Waals surface area contributed by atoms with Crippen molar-refractivity contribution >= 4 is 52.3 Å². The molecule has 2 fully saturated rings. The SMILES string of the molecule is O=C1C2C3C=CC(C3)C2C(=O)N1c1cc(Cl)c(Cl)c(Cl)c1. The van der Waals surface area contributed by atoms with Crippen LogP contribution in [0.2, 0.25) is 15.1 Å². The number of imide groups is 1. The zero-order chi connectivity index (χ0) is 14.9. The van der Waals surface area contributed by atoms with Gasteiger partial charge in [0, 0.05) is 0 Å². The van der Waals surface area contributed by atoms with E-state index in [1.165, 1.54) is 17.0 Å². The number of rotatable bonds is 1. The number of hydrogen-bond donors (Lipinski definition) is 0. The smallest absolute Gasteiger partial charge is 0.238 e. The van der Waals surface area contributed by atoms with Crippen LogP contribution in [0.4, 0.5) is 5.69 Å². The molecule has 0 N–H and O–H groups in total. The molecule has 3 nitrogen and oxygen atoms in total. The van der Waals surface area contributed by atoms with Crippen LogP contribution in [-0.4, -0.2) is 11.8 Å². The molecule has 0 aromatic heterocycles. The largest absolute Gasteiger partial charge is 0.274 e. The van der Waals surface area contributed by atoms with Crippen molar-refractivity contribution < 1.29 is 9.59 Å². The summed E-state index contributed by atoms with van der Waals surface area (Å²) in [7, 11) is 0. The summed E-state index contributed by atoms with van der Waals surface area (Å²) < 4.78 is 0. The van der Waals surface area contributed by atoms with Gasteiger partial charge in [-0.1, -0.05) is 47.0 Å². The van der Waals surface area contributed by atoms with Crippen molar-refractivity contribution in [3.05, 3.63) is 39.4 Å². The Bertz CT molecular complexity index is 662. The van der Waals surface area contributed by atoms with Gasteiger partial charge in [0.25, 0.3) is 0 Å². The maximum atomic E-state index is 12.6. The van der Waals surface area contributed by atoms with Gasteiger partial charge in [0.1, 0.15) is 0 Å². The fourth-order valence-corrected chi connectivity index (χ4v) is 4.41. The van der Waals surface area contributed by atoms with Gasteiger partial charge in [-0.05, 0) is 30.4 Å². The van der Waals surface area contributed by atoms with Gasteiger partial charge >= 0.3 is 0 Å². The highest BCUT2D eigenvalue weighted by atomic mass is 35.5. The Morgan fingerprint density at radius 2 is 1.38 bits per heavy atom. The Balaban J connectivity index is 1.78. The summed E-state index contributed by atoms with van der Waals surface area (Å²) in [6, 6.07) is 3.03. The quantitative estimate of drug-likeness (QED) is 0.440. The lowest BCUT2D eigenvalue weighted by molar-refractivity contribution is -0.123. The fraction of sp³-hybridized carbons (Fsp3) is 0.333. The standard InChI is InChI=1S/C15H10Cl3NO2/c16-9-4-8(5-10(17)13(9)18)19-14(20)11-6-1-2-7(3-6)12(11)15(19)21/h1-2,4-7,11-12H,3H2. The maximum Gasteiger partial charge on any atom is 0.238 e. The third-order valence-corrected chi connectivity index (χ3v) is 5.89. The van der Waals surface area contributed by atoms with Crippen molar-refractivity contribution in [1.82, 2.24) is 0 Å². The minimum Gasteiger partial charge on any atom is -0.274 e. The van der Waals surface area contributed by atoms with Crippen LogP contribution in [0.5, 0.6) is 0 Å². The molecule has 1 aromatic carbocycles. The number of carbonyl (C=O) groups is 2. The molecule has 2 bridgehead atoms. The van der Waals surface area contributed by atoms with Gasteiger partial charge in [-0.2, -0.15) is 0 Å². The van der Waals surface area contributed by atoms with E-state index in [9.17, 15) is 9.59 Å². The summed E-state index contributed by atoms with van der Waals surface area (Å²) in [4.78, 5) is 26.5. The number of amides is 2. The van der Waals surface area contributed by atoms with E-state index < -0.39 is 0 Å². The normalized spacial score (nSPS) is 33.2. The third kappa shape index (κ3) is 1.74. The van der Waals surface area contributed by atoms with E-state index in [4.69, 9.17) is 34.8 Å². The first-order valence-electron chi connectivity index (χ1n) is 6.69. The highest BCUT2D eigenvalue weighted by Gasteiger charge is 2.59. The van der Waals surface area contributed by atoms with E-state index in [2.05, 4.69) is 12.2 Å². The lowest BCUT2D eigenvalue weighted by atomic mass is 9.85. The maximum absolute atomic E-state index is 12.6. The fourth-order valence-electron chi connectivity index (χ4n) is 3.83. The number of nitrogens with zero attached hydrogens (tertiary/aromatic N) is 1. The Kier molecular flexibility index (Phi) is 2.91. The Morgan fingerprint density at radius 3 is 1.86 bits per heavy atom. The molecular weight excluding hydrogens is 333 g/mol. The first kappa shape index (κ1) is 13.6. The lowest BCUT2D eigenvalue weighted by Crippen LogP contribution is -2.32. The van der Waals surface area contributed by atoms with Crippen molar-refractivity contribution in [2.24, 2.45) is 23.7 Å². The first-order chi connectivity index (χ1) is 9.99. The minimum atomic E-state index is -0.235. The second kappa shape index (κ2) is 4.48. The molecule has 2 amide bonds. The summed E-state index contributed by atoms with van der Waals surface area (Å²) in [5, 5.41) is 0.693. The highest BCUT2D eigenvalue weighted by Crippen LogP contribution is 2.53. The Hall–Kier alpha value is -1.03. The average molecular weight is 343 g/mol. The van der Waals surface area contributed by atoms with Crippen LogP contribution in [0, 0.1) is 23.7 Å². The van der Waals surface area contributed by atoms with Crippen molar-refractivity contribution in [2.75, 3.05) is 4.90 Å². The van der Waals surface area contributed by atoms with E-state index in [1.807, 2.05) is 0 Å². The molecule has 0 spiro atoms. The molecule has 4 atom stereocenters. The van der Waals surface area contributed by atoms with Gasteiger partial charge in [0.15, 0.2) is 0 Å². The summed E-state index contributed by atoms with van der Waals surface area (Å²) in [5.41, 5.74) is 0.401. The first-order valence-corrected chi connectivity index (χ1v) is 7.83. The number of halogens is 3. The number of benzene rings is 1. The molecule has 1 heterocycles. The second-order valence-electron chi connectivity index (χ2n) is 5.74. The van der Waals surface area contributed by atoms with Crippen LogP contribution in [0.3, 0.4) is 0 Å². The van der Waals surface area contributed by atoms with Crippen molar-refractivity contribution in [1.29, 1.82) is 0 Å². The van der Waals surface area contributed by atoms with Crippen LogP contribution in [0.25, 0.3) is 0 Å². The molecule has 2 aliphatic carbocycles. The summed E-state index contributed by atoms with van der Waals surface area (Å²) in [6.45, 7) is 0. The Labute approximate surface area is 136 Å². The molecule has 1 aliphatic heterocycles. The topological polar surface area (TPSA) is 37.4 Å². The number of anilines is 1. The van der Waals surface area contributed by atoms with E-state index in [0.717, 1.165) is 6.42 Å². The predicted molar refractivity (Wildman–Crippen MR) is 81.7 cm³/mol. The van der Waals surface area contributed by atoms with Gasteiger partial charge < -0.3 is 0 Å². The summed E-state index contributed by atoms with van der Waals surface area (Å²) >= 11 is 17.9. The molecule has 3 aliphatic rings. The highest BCUT2D eigenvalue weighted by molar-refractivity contribution is 6.48. The molecule has 1 saturated carbocycles. The Morgan fingerprint density at radius 1 is 0.905 bits per heavy atom. The molecular formula is C15H10Cl3NO2.